The van der Waals surface area contributed by atoms with Crippen molar-refractivity contribution in [1.29, 1.82) is 0 Å². The molecule has 0 aromatic heterocycles. The molecule has 2 aromatic carbocycles. The standard InChI is InChI=1S/C15H12F5N/c1-9-2-4-11(15(18,19)20)7-14(9)21-8-10-3-5-12(16)13(17)6-10/h2-7,21H,8H2,1H3. The smallest absolute Gasteiger partial charge is 0.381 e. The van der Waals surface area contributed by atoms with Crippen LogP contribution in [0.3, 0.4) is 0 Å². The second-order valence-corrected chi connectivity index (χ2v) is 4.63. The Kier molecular flexibility index (Phi) is 4.16. The van der Waals surface area contributed by atoms with E-state index < -0.39 is 23.4 Å². The molecule has 0 fully saturated rings. The fourth-order valence-electron chi connectivity index (χ4n) is 1.84. The monoisotopic (exact) mass is 301 g/mol. The number of hydrogen-bond acceptors (Lipinski definition) is 1. The predicted octanol–water partition coefficient (Wildman–Crippen LogP) is 4.90. The van der Waals surface area contributed by atoms with Crippen molar-refractivity contribution in [3.05, 3.63) is 64.7 Å². The van der Waals surface area contributed by atoms with Gasteiger partial charge in [0.1, 0.15) is 0 Å². The van der Waals surface area contributed by atoms with E-state index in [1.165, 1.54) is 12.1 Å². The Bertz CT molecular complexity index is 649. The Morgan fingerprint density at radius 2 is 1.67 bits per heavy atom. The molecule has 0 aliphatic rings. The van der Waals surface area contributed by atoms with Crippen LogP contribution in [-0.4, -0.2) is 0 Å². The van der Waals surface area contributed by atoms with E-state index in [1.807, 2.05) is 0 Å². The molecule has 0 radical (unpaired) electrons. The highest BCUT2D eigenvalue weighted by atomic mass is 19.4. The van der Waals surface area contributed by atoms with Crippen LogP contribution in [0.4, 0.5) is 27.6 Å². The summed E-state index contributed by atoms with van der Waals surface area (Å²) in [5, 5.41) is 2.80. The van der Waals surface area contributed by atoms with Crippen molar-refractivity contribution in [3.63, 3.8) is 0 Å². The highest BCUT2D eigenvalue weighted by Crippen LogP contribution is 2.32. The highest BCUT2D eigenvalue weighted by molar-refractivity contribution is 5.53. The number of benzene rings is 2. The molecule has 0 saturated heterocycles. The SMILES string of the molecule is Cc1ccc(C(F)(F)F)cc1NCc1ccc(F)c(F)c1. The third-order valence-corrected chi connectivity index (χ3v) is 3.03. The average molecular weight is 301 g/mol. The molecule has 0 aliphatic heterocycles. The number of halogens is 5. The van der Waals surface area contributed by atoms with Gasteiger partial charge in [-0.2, -0.15) is 13.2 Å². The normalized spacial score (nSPS) is 11.5. The van der Waals surface area contributed by atoms with Crippen molar-refractivity contribution in [2.24, 2.45) is 0 Å². The molecule has 21 heavy (non-hydrogen) atoms. The number of anilines is 1. The summed E-state index contributed by atoms with van der Waals surface area (Å²) in [7, 11) is 0. The molecule has 0 atom stereocenters. The van der Waals surface area contributed by atoms with Gasteiger partial charge in [-0.3, -0.25) is 0 Å². The van der Waals surface area contributed by atoms with Gasteiger partial charge < -0.3 is 5.32 Å². The van der Waals surface area contributed by atoms with E-state index in [0.29, 0.717) is 16.8 Å². The lowest BCUT2D eigenvalue weighted by atomic mass is 10.1. The van der Waals surface area contributed by atoms with Crippen LogP contribution in [0.2, 0.25) is 0 Å². The van der Waals surface area contributed by atoms with Gasteiger partial charge in [-0.1, -0.05) is 12.1 Å². The van der Waals surface area contributed by atoms with Crippen LogP contribution < -0.4 is 5.32 Å². The van der Waals surface area contributed by atoms with Gasteiger partial charge in [0.05, 0.1) is 5.56 Å². The molecule has 2 aromatic rings. The second-order valence-electron chi connectivity index (χ2n) is 4.63. The van der Waals surface area contributed by atoms with Crippen LogP contribution >= 0.6 is 0 Å². The van der Waals surface area contributed by atoms with E-state index in [2.05, 4.69) is 5.32 Å². The third kappa shape index (κ3) is 3.71. The summed E-state index contributed by atoms with van der Waals surface area (Å²) >= 11 is 0. The van der Waals surface area contributed by atoms with Crippen molar-refractivity contribution >= 4 is 5.69 Å². The van der Waals surface area contributed by atoms with Gasteiger partial charge in [0, 0.05) is 12.2 Å². The number of hydrogen-bond donors (Lipinski definition) is 1. The quantitative estimate of drug-likeness (QED) is 0.795. The molecule has 0 amide bonds. The van der Waals surface area contributed by atoms with E-state index in [-0.39, 0.29) is 6.54 Å². The molecular formula is C15H12F5N. The maximum Gasteiger partial charge on any atom is 0.416 e. The molecule has 0 bridgehead atoms. The molecule has 0 spiro atoms. The summed E-state index contributed by atoms with van der Waals surface area (Å²) in [5.74, 6) is -1.95. The number of aryl methyl sites for hydroxylation is 1. The Morgan fingerprint density at radius 3 is 2.29 bits per heavy atom. The zero-order valence-corrected chi connectivity index (χ0v) is 11.1. The minimum atomic E-state index is -4.42. The molecular weight excluding hydrogens is 289 g/mol. The minimum absolute atomic E-state index is 0.0966. The largest absolute Gasteiger partial charge is 0.416 e. The molecule has 0 heterocycles. The van der Waals surface area contributed by atoms with E-state index in [4.69, 9.17) is 0 Å². The number of rotatable bonds is 3. The number of nitrogens with one attached hydrogen (secondary N) is 1. The van der Waals surface area contributed by atoms with E-state index in [1.54, 1.807) is 6.92 Å². The molecule has 0 aliphatic carbocycles. The highest BCUT2D eigenvalue weighted by Gasteiger charge is 2.30. The zero-order chi connectivity index (χ0) is 15.6. The first-order valence-corrected chi connectivity index (χ1v) is 6.13. The summed E-state index contributed by atoms with van der Waals surface area (Å²) < 4.78 is 63.8. The fraction of sp³-hybridized carbons (Fsp3) is 0.200. The van der Waals surface area contributed by atoms with Gasteiger partial charge in [-0.15, -0.1) is 0 Å². The Hall–Kier alpha value is -2.11. The lowest BCUT2D eigenvalue weighted by Gasteiger charge is -2.13. The third-order valence-electron chi connectivity index (χ3n) is 3.03. The first kappa shape index (κ1) is 15.3. The van der Waals surface area contributed by atoms with Crippen molar-refractivity contribution < 1.29 is 22.0 Å². The first-order chi connectivity index (χ1) is 9.77. The summed E-state index contributed by atoms with van der Waals surface area (Å²) in [5.41, 5.74) is 0.603. The Balaban J connectivity index is 2.17. The van der Waals surface area contributed by atoms with Crippen molar-refractivity contribution in [2.45, 2.75) is 19.6 Å². The lowest BCUT2D eigenvalue weighted by molar-refractivity contribution is -0.137. The first-order valence-electron chi connectivity index (χ1n) is 6.13. The second kappa shape index (κ2) is 5.71. The number of alkyl halides is 3. The van der Waals surface area contributed by atoms with Crippen LogP contribution in [0.15, 0.2) is 36.4 Å². The summed E-state index contributed by atoms with van der Waals surface area (Å²) in [4.78, 5) is 0. The van der Waals surface area contributed by atoms with Crippen LogP contribution in [0.1, 0.15) is 16.7 Å². The van der Waals surface area contributed by atoms with Crippen LogP contribution in [0, 0.1) is 18.6 Å². The van der Waals surface area contributed by atoms with E-state index in [9.17, 15) is 22.0 Å². The Morgan fingerprint density at radius 1 is 0.952 bits per heavy atom. The molecule has 112 valence electrons. The Labute approximate surface area is 118 Å². The van der Waals surface area contributed by atoms with Gasteiger partial charge >= 0.3 is 6.18 Å². The van der Waals surface area contributed by atoms with Crippen LogP contribution in [-0.2, 0) is 12.7 Å². The van der Waals surface area contributed by atoms with Gasteiger partial charge in [0.2, 0.25) is 0 Å². The van der Waals surface area contributed by atoms with Gasteiger partial charge in [0.15, 0.2) is 11.6 Å². The van der Waals surface area contributed by atoms with Gasteiger partial charge in [0.25, 0.3) is 0 Å². The summed E-state index contributed by atoms with van der Waals surface area (Å²) in [6, 6.07) is 6.70. The topological polar surface area (TPSA) is 12.0 Å². The van der Waals surface area contributed by atoms with Crippen molar-refractivity contribution in [3.8, 4) is 0 Å². The lowest BCUT2D eigenvalue weighted by Crippen LogP contribution is -2.08. The van der Waals surface area contributed by atoms with Crippen LogP contribution in [0.5, 0.6) is 0 Å². The molecule has 6 heteroatoms. The average Bonchev–Trinajstić information content (AvgIpc) is 2.40. The van der Waals surface area contributed by atoms with E-state index in [0.717, 1.165) is 24.3 Å². The maximum absolute atomic E-state index is 13.1. The zero-order valence-electron chi connectivity index (χ0n) is 11.1. The molecule has 0 saturated carbocycles. The fourth-order valence-corrected chi connectivity index (χ4v) is 1.84. The molecule has 1 N–H and O–H groups in total. The van der Waals surface area contributed by atoms with E-state index >= 15 is 0 Å². The predicted molar refractivity (Wildman–Crippen MR) is 69.9 cm³/mol. The molecule has 1 nitrogen and oxygen atoms in total. The van der Waals surface area contributed by atoms with Crippen molar-refractivity contribution in [2.75, 3.05) is 5.32 Å². The minimum Gasteiger partial charge on any atom is -0.381 e. The maximum atomic E-state index is 13.1. The van der Waals surface area contributed by atoms with Crippen LogP contribution in [0.25, 0.3) is 0 Å². The molecule has 0 unspecified atom stereocenters. The molecule has 2 rings (SSSR count). The van der Waals surface area contributed by atoms with Gasteiger partial charge in [-0.25, -0.2) is 8.78 Å². The van der Waals surface area contributed by atoms with Crippen molar-refractivity contribution in [1.82, 2.24) is 0 Å². The summed E-state index contributed by atoms with van der Waals surface area (Å²) in [6.45, 7) is 1.76. The van der Waals surface area contributed by atoms with Gasteiger partial charge in [-0.05, 0) is 42.3 Å². The summed E-state index contributed by atoms with van der Waals surface area (Å²) in [6.07, 6.45) is -4.42.